The molecule has 1 amide bonds. The minimum Gasteiger partial charge on any atom is -0.325 e. The fraction of sp³-hybridized carbons (Fsp3) is 0.389. The summed E-state index contributed by atoms with van der Waals surface area (Å²) in [5.41, 5.74) is 0.518. The average molecular weight is 411 g/mol. The van der Waals surface area contributed by atoms with E-state index in [0.717, 1.165) is 25.0 Å². The molecule has 1 aliphatic heterocycles. The number of carbonyl (C=O) groups excluding carboxylic acids is 1. The highest BCUT2D eigenvalue weighted by Gasteiger charge is 2.26. The molecule has 2 aromatic rings. The summed E-state index contributed by atoms with van der Waals surface area (Å²) in [6.45, 7) is 1.14. The van der Waals surface area contributed by atoms with Crippen LogP contribution in [0.4, 0.5) is 5.69 Å². The maximum absolute atomic E-state index is 12.7. The summed E-state index contributed by atoms with van der Waals surface area (Å²) in [6.07, 6.45) is 2.87. The minimum absolute atomic E-state index is 0.126. The number of carbonyl (C=O) groups is 1. The Balaban J connectivity index is 1.58. The van der Waals surface area contributed by atoms with Gasteiger partial charge < -0.3 is 5.32 Å². The van der Waals surface area contributed by atoms with Crippen LogP contribution >= 0.6 is 23.1 Å². The van der Waals surface area contributed by atoms with Gasteiger partial charge in [-0.15, -0.1) is 23.1 Å². The van der Waals surface area contributed by atoms with E-state index in [4.69, 9.17) is 0 Å². The molecular weight excluding hydrogens is 388 g/mol. The van der Waals surface area contributed by atoms with Crippen molar-refractivity contribution in [3.8, 4) is 0 Å². The van der Waals surface area contributed by atoms with Crippen LogP contribution in [-0.2, 0) is 20.6 Å². The summed E-state index contributed by atoms with van der Waals surface area (Å²) < 4.78 is 27.0. The molecule has 3 rings (SSSR count). The second kappa shape index (κ2) is 9.03. The van der Waals surface area contributed by atoms with Crippen molar-refractivity contribution in [2.24, 2.45) is 0 Å². The topological polar surface area (TPSA) is 66.5 Å². The van der Waals surface area contributed by atoms with Crippen molar-refractivity contribution in [1.82, 2.24) is 4.31 Å². The summed E-state index contributed by atoms with van der Waals surface area (Å²) in [6, 6.07) is 10.6. The molecule has 1 aliphatic rings. The Morgan fingerprint density at radius 1 is 1.15 bits per heavy atom. The van der Waals surface area contributed by atoms with Crippen LogP contribution in [0.1, 0.15) is 24.1 Å². The Kier molecular flexibility index (Phi) is 6.74. The lowest BCUT2D eigenvalue weighted by molar-refractivity contribution is -0.113. The van der Waals surface area contributed by atoms with Crippen molar-refractivity contribution in [3.05, 3.63) is 46.7 Å². The molecular formula is C18H22N2O3S3. The first-order valence-electron chi connectivity index (χ1n) is 8.56. The van der Waals surface area contributed by atoms with Crippen molar-refractivity contribution in [1.29, 1.82) is 0 Å². The molecule has 8 heteroatoms. The van der Waals surface area contributed by atoms with Crippen LogP contribution in [0.2, 0.25) is 0 Å². The third kappa shape index (κ3) is 5.09. The number of thioether (sulfide) groups is 1. The molecule has 2 heterocycles. The van der Waals surface area contributed by atoms with Gasteiger partial charge in [0.25, 0.3) is 0 Å². The standard InChI is InChI=1S/C18H22N2O3S3/c21-18(14-24-13-16-7-5-11-25-16)19-15-6-4-8-17(12-15)26(22,23)20-9-2-1-3-10-20/h4-8,11-12H,1-3,9-10,13-14H2,(H,19,21). The van der Waals surface area contributed by atoms with Gasteiger partial charge in [-0.1, -0.05) is 18.6 Å². The Labute approximate surface area is 162 Å². The van der Waals surface area contributed by atoms with Crippen LogP contribution in [0.25, 0.3) is 0 Å². The third-order valence-electron chi connectivity index (χ3n) is 4.13. The smallest absolute Gasteiger partial charge is 0.243 e. The summed E-state index contributed by atoms with van der Waals surface area (Å²) >= 11 is 3.22. The van der Waals surface area contributed by atoms with Gasteiger partial charge in [-0.25, -0.2) is 8.42 Å². The van der Waals surface area contributed by atoms with E-state index < -0.39 is 10.0 Å². The van der Waals surface area contributed by atoms with E-state index in [1.54, 1.807) is 47.4 Å². The summed E-state index contributed by atoms with van der Waals surface area (Å²) in [5.74, 6) is 1.01. The number of piperidine rings is 1. The SMILES string of the molecule is O=C(CSCc1cccs1)Nc1cccc(S(=O)(=O)N2CCCCC2)c1. The third-order valence-corrected chi connectivity index (χ3v) is 8.06. The fourth-order valence-corrected chi connectivity index (χ4v) is 6.06. The van der Waals surface area contributed by atoms with E-state index in [2.05, 4.69) is 5.32 Å². The lowest BCUT2D eigenvalue weighted by atomic mass is 10.2. The molecule has 1 saturated heterocycles. The Hall–Kier alpha value is -1.35. The zero-order valence-electron chi connectivity index (χ0n) is 14.4. The normalized spacial score (nSPS) is 15.7. The highest BCUT2D eigenvalue weighted by atomic mass is 32.2. The summed E-state index contributed by atoms with van der Waals surface area (Å²) in [7, 11) is -3.49. The molecule has 1 fully saturated rings. The number of sulfonamides is 1. The molecule has 0 bridgehead atoms. The number of hydrogen-bond acceptors (Lipinski definition) is 5. The predicted molar refractivity (Wildman–Crippen MR) is 108 cm³/mol. The molecule has 0 atom stereocenters. The van der Waals surface area contributed by atoms with E-state index in [-0.39, 0.29) is 10.8 Å². The molecule has 0 radical (unpaired) electrons. The average Bonchev–Trinajstić information content (AvgIpc) is 3.16. The number of benzene rings is 1. The number of anilines is 1. The first-order valence-corrected chi connectivity index (χ1v) is 12.0. The number of thiophene rings is 1. The van der Waals surface area contributed by atoms with Gasteiger partial charge in [-0.05, 0) is 42.5 Å². The van der Waals surface area contributed by atoms with Crippen LogP contribution in [0, 0.1) is 0 Å². The molecule has 26 heavy (non-hydrogen) atoms. The monoisotopic (exact) mass is 410 g/mol. The van der Waals surface area contributed by atoms with E-state index in [9.17, 15) is 13.2 Å². The molecule has 5 nitrogen and oxygen atoms in total. The van der Waals surface area contributed by atoms with E-state index in [1.165, 1.54) is 9.18 Å². The Bertz CT molecular complexity index is 829. The van der Waals surface area contributed by atoms with Gasteiger partial charge in [0.2, 0.25) is 15.9 Å². The van der Waals surface area contributed by atoms with E-state index >= 15 is 0 Å². The van der Waals surface area contributed by atoms with Crippen LogP contribution in [0.15, 0.2) is 46.7 Å². The zero-order valence-corrected chi connectivity index (χ0v) is 16.8. The number of nitrogens with one attached hydrogen (secondary N) is 1. The molecule has 0 unspecified atom stereocenters. The lowest BCUT2D eigenvalue weighted by Crippen LogP contribution is -2.35. The second-order valence-electron chi connectivity index (χ2n) is 6.11. The van der Waals surface area contributed by atoms with Crippen LogP contribution in [-0.4, -0.2) is 37.5 Å². The Morgan fingerprint density at radius 2 is 1.96 bits per heavy atom. The second-order valence-corrected chi connectivity index (χ2v) is 10.1. The zero-order chi connectivity index (χ0) is 18.4. The van der Waals surface area contributed by atoms with E-state index in [1.807, 2.05) is 17.5 Å². The van der Waals surface area contributed by atoms with Crippen LogP contribution in [0.3, 0.4) is 0 Å². The van der Waals surface area contributed by atoms with Crippen molar-refractivity contribution in [3.63, 3.8) is 0 Å². The van der Waals surface area contributed by atoms with Gasteiger partial charge >= 0.3 is 0 Å². The van der Waals surface area contributed by atoms with Crippen LogP contribution in [0.5, 0.6) is 0 Å². The fourth-order valence-electron chi connectivity index (χ4n) is 2.82. The molecule has 1 aromatic carbocycles. The first-order chi connectivity index (χ1) is 12.6. The number of rotatable bonds is 7. The van der Waals surface area contributed by atoms with Crippen molar-refractivity contribution in [2.75, 3.05) is 24.2 Å². The highest BCUT2D eigenvalue weighted by molar-refractivity contribution is 7.99. The molecule has 0 spiro atoms. The lowest BCUT2D eigenvalue weighted by Gasteiger charge is -2.26. The van der Waals surface area contributed by atoms with Gasteiger partial charge in [-0.3, -0.25) is 4.79 Å². The molecule has 0 saturated carbocycles. The summed E-state index contributed by atoms with van der Waals surface area (Å²) in [4.78, 5) is 13.6. The first kappa shape index (κ1) is 19.4. The molecule has 140 valence electrons. The number of hydrogen-bond donors (Lipinski definition) is 1. The van der Waals surface area contributed by atoms with Gasteiger partial charge in [-0.2, -0.15) is 4.31 Å². The summed E-state index contributed by atoms with van der Waals surface area (Å²) in [5, 5.41) is 4.82. The van der Waals surface area contributed by atoms with Gasteiger partial charge in [0.15, 0.2) is 0 Å². The quantitative estimate of drug-likeness (QED) is 0.754. The largest absolute Gasteiger partial charge is 0.325 e. The molecule has 1 aromatic heterocycles. The Morgan fingerprint density at radius 3 is 2.69 bits per heavy atom. The van der Waals surface area contributed by atoms with Gasteiger partial charge in [0.05, 0.1) is 10.6 Å². The van der Waals surface area contributed by atoms with Gasteiger partial charge in [0.1, 0.15) is 0 Å². The number of nitrogens with zero attached hydrogens (tertiary/aromatic N) is 1. The minimum atomic E-state index is -3.49. The maximum atomic E-state index is 12.7. The number of amides is 1. The van der Waals surface area contributed by atoms with E-state index in [0.29, 0.717) is 24.5 Å². The maximum Gasteiger partial charge on any atom is 0.243 e. The highest BCUT2D eigenvalue weighted by Crippen LogP contribution is 2.23. The van der Waals surface area contributed by atoms with Crippen LogP contribution < -0.4 is 5.32 Å². The molecule has 1 N–H and O–H groups in total. The van der Waals surface area contributed by atoms with Crippen molar-refractivity contribution in [2.45, 2.75) is 29.9 Å². The van der Waals surface area contributed by atoms with Crippen molar-refractivity contribution >= 4 is 44.7 Å². The predicted octanol–water partition coefficient (Wildman–Crippen LogP) is 3.79. The molecule has 0 aliphatic carbocycles. The van der Waals surface area contributed by atoms with Crippen molar-refractivity contribution < 1.29 is 13.2 Å². The van der Waals surface area contributed by atoms with Gasteiger partial charge in [0, 0.05) is 29.4 Å².